The van der Waals surface area contributed by atoms with Crippen LogP contribution >= 0.6 is 11.3 Å². The molecule has 0 saturated heterocycles. The van der Waals surface area contributed by atoms with Crippen molar-refractivity contribution >= 4 is 11.3 Å². The number of aryl methyl sites for hydroxylation is 2. The Morgan fingerprint density at radius 3 is 2.24 bits per heavy atom. The summed E-state index contributed by atoms with van der Waals surface area (Å²) in [5.41, 5.74) is 7.39. The first-order chi connectivity index (χ1) is 7.88. The Balaban J connectivity index is 2.95. The van der Waals surface area contributed by atoms with E-state index in [1.807, 2.05) is 11.3 Å². The zero-order chi connectivity index (χ0) is 13.2. The van der Waals surface area contributed by atoms with Crippen molar-refractivity contribution in [3.8, 4) is 0 Å². The highest BCUT2D eigenvalue weighted by Gasteiger charge is 2.24. The van der Waals surface area contributed by atoms with Gasteiger partial charge in [-0.05, 0) is 45.4 Å². The lowest BCUT2D eigenvalue weighted by molar-refractivity contribution is 0.152. The predicted molar refractivity (Wildman–Crippen MR) is 77.7 cm³/mol. The minimum atomic E-state index is 0.345. The molecule has 0 saturated carbocycles. The van der Waals surface area contributed by atoms with Gasteiger partial charge in [-0.25, -0.2) is 0 Å². The summed E-state index contributed by atoms with van der Waals surface area (Å²) in [5, 5.41) is 0. The van der Waals surface area contributed by atoms with Crippen LogP contribution in [-0.2, 0) is 0 Å². The maximum absolute atomic E-state index is 5.98. The van der Waals surface area contributed by atoms with Gasteiger partial charge in [0.05, 0.1) is 0 Å². The standard InChI is InChI=1S/C14H26N2S/c1-9(2)11(4)16(6)14(8-15)13-7-10(3)17-12(13)5/h7,9,11,14H,8,15H2,1-6H3. The Kier molecular flexibility index (Phi) is 5.17. The lowest BCUT2D eigenvalue weighted by Crippen LogP contribution is -2.39. The van der Waals surface area contributed by atoms with Crippen LogP contribution < -0.4 is 5.73 Å². The zero-order valence-electron chi connectivity index (χ0n) is 11.9. The second-order valence-corrected chi connectivity index (χ2v) is 6.73. The summed E-state index contributed by atoms with van der Waals surface area (Å²) >= 11 is 1.87. The van der Waals surface area contributed by atoms with Gasteiger partial charge in [0, 0.05) is 28.4 Å². The molecule has 0 amide bonds. The van der Waals surface area contributed by atoms with Gasteiger partial charge in [-0.15, -0.1) is 11.3 Å². The minimum Gasteiger partial charge on any atom is -0.329 e. The van der Waals surface area contributed by atoms with Gasteiger partial charge in [0.2, 0.25) is 0 Å². The molecule has 0 aromatic carbocycles. The molecule has 1 aromatic heterocycles. The minimum absolute atomic E-state index is 0.345. The van der Waals surface area contributed by atoms with Crippen LogP contribution in [0.15, 0.2) is 6.07 Å². The van der Waals surface area contributed by atoms with Gasteiger partial charge in [-0.3, -0.25) is 4.90 Å². The molecule has 0 aliphatic carbocycles. The van der Waals surface area contributed by atoms with E-state index in [4.69, 9.17) is 5.73 Å². The Morgan fingerprint density at radius 1 is 1.29 bits per heavy atom. The van der Waals surface area contributed by atoms with E-state index in [9.17, 15) is 0 Å². The number of rotatable bonds is 5. The summed E-state index contributed by atoms with van der Waals surface area (Å²) in [5.74, 6) is 0.647. The quantitative estimate of drug-likeness (QED) is 0.873. The van der Waals surface area contributed by atoms with E-state index in [0.29, 0.717) is 24.5 Å². The Hall–Kier alpha value is -0.380. The van der Waals surface area contributed by atoms with Crippen LogP contribution in [0.3, 0.4) is 0 Å². The van der Waals surface area contributed by atoms with E-state index in [-0.39, 0.29) is 0 Å². The summed E-state index contributed by atoms with van der Waals surface area (Å²) in [4.78, 5) is 5.20. The average Bonchev–Trinajstić information content (AvgIpc) is 2.57. The summed E-state index contributed by atoms with van der Waals surface area (Å²) in [6, 6.07) is 3.18. The first-order valence-electron chi connectivity index (χ1n) is 6.37. The number of hydrogen-bond acceptors (Lipinski definition) is 3. The summed E-state index contributed by atoms with van der Waals surface area (Å²) in [7, 11) is 2.19. The molecular formula is C14H26N2S. The zero-order valence-corrected chi connectivity index (χ0v) is 12.8. The number of hydrogen-bond donors (Lipinski definition) is 1. The van der Waals surface area contributed by atoms with E-state index in [1.54, 1.807) is 0 Å². The second-order valence-electron chi connectivity index (χ2n) is 5.27. The number of nitrogens with two attached hydrogens (primary N) is 1. The van der Waals surface area contributed by atoms with Gasteiger partial charge in [-0.1, -0.05) is 13.8 Å². The fourth-order valence-electron chi connectivity index (χ4n) is 2.25. The molecule has 1 heterocycles. The van der Waals surface area contributed by atoms with Gasteiger partial charge < -0.3 is 5.73 Å². The lowest BCUT2D eigenvalue weighted by atomic mass is 9.99. The van der Waals surface area contributed by atoms with Crippen LogP contribution in [0.4, 0.5) is 0 Å². The van der Waals surface area contributed by atoms with Crippen molar-refractivity contribution in [3.63, 3.8) is 0 Å². The highest BCUT2D eigenvalue weighted by Crippen LogP contribution is 2.30. The molecule has 0 bridgehead atoms. The molecule has 1 rings (SSSR count). The van der Waals surface area contributed by atoms with Crippen molar-refractivity contribution in [2.45, 2.75) is 46.7 Å². The van der Waals surface area contributed by atoms with Crippen LogP contribution in [0.1, 0.15) is 42.1 Å². The number of likely N-dealkylation sites (N-methyl/N-ethyl adjacent to an activating group) is 1. The molecule has 0 fully saturated rings. The van der Waals surface area contributed by atoms with Crippen molar-refractivity contribution in [2.75, 3.05) is 13.6 Å². The predicted octanol–water partition coefficient (Wildman–Crippen LogP) is 3.34. The van der Waals surface area contributed by atoms with Crippen molar-refractivity contribution in [2.24, 2.45) is 11.7 Å². The first kappa shape index (κ1) is 14.7. The molecule has 2 nitrogen and oxygen atoms in total. The van der Waals surface area contributed by atoms with E-state index < -0.39 is 0 Å². The molecule has 2 atom stereocenters. The lowest BCUT2D eigenvalue weighted by Gasteiger charge is -2.35. The molecule has 0 spiro atoms. The summed E-state index contributed by atoms with van der Waals surface area (Å²) < 4.78 is 0. The largest absolute Gasteiger partial charge is 0.329 e. The van der Waals surface area contributed by atoms with Crippen molar-refractivity contribution in [1.82, 2.24) is 4.90 Å². The molecule has 1 aromatic rings. The molecule has 2 unspecified atom stereocenters. The van der Waals surface area contributed by atoms with Crippen LogP contribution in [0.5, 0.6) is 0 Å². The fraction of sp³-hybridized carbons (Fsp3) is 0.714. The summed E-state index contributed by atoms with van der Waals surface area (Å²) in [6.45, 7) is 11.9. The van der Waals surface area contributed by atoms with Gasteiger partial charge >= 0.3 is 0 Å². The van der Waals surface area contributed by atoms with E-state index >= 15 is 0 Å². The fourth-order valence-corrected chi connectivity index (χ4v) is 3.23. The molecule has 17 heavy (non-hydrogen) atoms. The number of nitrogens with zero attached hydrogens (tertiary/aromatic N) is 1. The Morgan fingerprint density at radius 2 is 1.88 bits per heavy atom. The molecule has 3 heteroatoms. The molecule has 0 aliphatic heterocycles. The third-order valence-electron chi connectivity index (χ3n) is 3.76. The number of thiophene rings is 1. The van der Waals surface area contributed by atoms with Gasteiger partial charge in [0.15, 0.2) is 0 Å². The Labute approximate surface area is 110 Å². The maximum atomic E-state index is 5.98. The van der Waals surface area contributed by atoms with Crippen LogP contribution in [0, 0.1) is 19.8 Å². The smallest absolute Gasteiger partial charge is 0.0481 e. The van der Waals surface area contributed by atoms with E-state index in [0.717, 1.165) is 0 Å². The summed E-state index contributed by atoms with van der Waals surface area (Å²) in [6.07, 6.45) is 0. The van der Waals surface area contributed by atoms with Crippen LogP contribution in [0.2, 0.25) is 0 Å². The molecule has 2 N–H and O–H groups in total. The topological polar surface area (TPSA) is 29.3 Å². The van der Waals surface area contributed by atoms with E-state index in [1.165, 1.54) is 15.3 Å². The van der Waals surface area contributed by atoms with Gasteiger partial charge in [-0.2, -0.15) is 0 Å². The highest BCUT2D eigenvalue weighted by atomic mass is 32.1. The van der Waals surface area contributed by atoms with Crippen LogP contribution in [0.25, 0.3) is 0 Å². The molecular weight excluding hydrogens is 228 g/mol. The SMILES string of the molecule is Cc1cc(C(CN)N(C)C(C)C(C)C)c(C)s1. The Bertz CT molecular complexity index is 357. The normalized spacial score (nSPS) is 15.6. The van der Waals surface area contributed by atoms with Crippen molar-refractivity contribution < 1.29 is 0 Å². The highest BCUT2D eigenvalue weighted by molar-refractivity contribution is 7.12. The van der Waals surface area contributed by atoms with Crippen molar-refractivity contribution in [1.29, 1.82) is 0 Å². The van der Waals surface area contributed by atoms with Gasteiger partial charge in [0.1, 0.15) is 0 Å². The molecule has 98 valence electrons. The van der Waals surface area contributed by atoms with E-state index in [2.05, 4.69) is 52.6 Å². The third kappa shape index (κ3) is 3.30. The monoisotopic (exact) mass is 254 g/mol. The van der Waals surface area contributed by atoms with Crippen molar-refractivity contribution in [3.05, 3.63) is 21.4 Å². The average molecular weight is 254 g/mol. The third-order valence-corrected chi connectivity index (χ3v) is 4.74. The molecule has 0 radical (unpaired) electrons. The van der Waals surface area contributed by atoms with Crippen LogP contribution in [-0.4, -0.2) is 24.5 Å². The van der Waals surface area contributed by atoms with Gasteiger partial charge in [0.25, 0.3) is 0 Å². The second kappa shape index (κ2) is 5.98. The maximum Gasteiger partial charge on any atom is 0.0481 e. The molecule has 0 aliphatic rings. The first-order valence-corrected chi connectivity index (χ1v) is 7.19.